The smallest absolute Gasteiger partial charge is 0.455 e. The molecule has 1 aromatic heterocycles. The molecule has 0 aliphatic heterocycles. The number of carbonyl (C=O) groups is 1. The molecule has 5 nitrogen and oxygen atoms in total. The molecule has 3 aromatic rings. The number of alkyl halides is 3. The molecule has 0 radical (unpaired) electrons. The fourth-order valence-corrected chi connectivity index (χ4v) is 3.69. The largest absolute Gasteiger partial charge is 0.508 e. The molecule has 0 aliphatic rings. The first-order chi connectivity index (χ1) is 16.7. The third kappa shape index (κ3) is 5.58. The molecule has 36 heavy (non-hydrogen) atoms. The number of carbonyl (C=O) groups excluding carboxylic acids is 1. The molecule has 0 fully saturated rings. The third-order valence-electron chi connectivity index (χ3n) is 6.90. The van der Waals surface area contributed by atoms with Crippen LogP contribution in [0.4, 0.5) is 13.2 Å². The van der Waals surface area contributed by atoms with Crippen LogP contribution in [0.2, 0.25) is 0 Å². The number of Topliss-reactive ketones (excluding diaryl/α,β-unsaturated/α-hetero) is 1. The zero-order valence-corrected chi connectivity index (χ0v) is 21.4. The summed E-state index contributed by atoms with van der Waals surface area (Å²) in [6, 6.07) is 12.0. The van der Waals surface area contributed by atoms with Crippen molar-refractivity contribution in [2.75, 3.05) is 6.61 Å². The van der Waals surface area contributed by atoms with Gasteiger partial charge in [-0.1, -0.05) is 65.8 Å². The molecule has 3 rings (SSSR count). The molecular formula is C28H32F3NO4. The number of allylic oxidation sites excluding steroid dienone is 1. The lowest BCUT2D eigenvalue weighted by atomic mass is 9.76. The van der Waals surface area contributed by atoms with Crippen molar-refractivity contribution >= 4 is 22.5 Å². The summed E-state index contributed by atoms with van der Waals surface area (Å²) in [5.74, 6) is -3.37. The molecule has 194 valence electrons. The van der Waals surface area contributed by atoms with E-state index in [-0.39, 0.29) is 21.9 Å². The van der Waals surface area contributed by atoms with Gasteiger partial charge in [-0.05, 0) is 47.4 Å². The van der Waals surface area contributed by atoms with Crippen LogP contribution in [0.15, 0.2) is 52.6 Å². The Morgan fingerprint density at radius 3 is 2.22 bits per heavy atom. The highest BCUT2D eigenvalue weighted by atomic mass is 19.4. The minimum absolute atomic E-state index is 0.0849. The highest BCUT2D eigenvalue weighted by Gasteiger charge is 2.44. The van der Waals surface area contributed by atoms with E-state index in [0.29, 0.717) is 5.75 Å². The maximum Gasteiger partial charge on any atom is 0.455 e. The molecule has 0 saturated heterocycles. The van der Waals surface area contributed by atoms with Crippen molar-refractivity contribution in [2.45, 2.75) is 71.4 Å². The van der Waals surface area contributed by atoms with Gasteiger partial charge in [0.05, 0.1) is 0 Å². The summed E-state index contributed by atoms with van der Waals surface area (Å²) in [5.41, 5.74) is 0.955. The Morgan fingerprint density at radius 2 is 1.64 bits per heavy atom. The number of rotatable bonds is 9. The number of aliphatic hydroxyl groups excluding tert-OH is 1. The Labute approximate surface area is 209 Å². The van der Waals surface area contributed by atoms with Crippen LogP contribution in [-0.4, -0.2) is 28.7 Å². The van der Waals surface area contributed by atoms with Crippen LogP contribution in [0.3, 0.4) is 0 Å². The van der Waals surface area contributed by atoms with Crippen LogP contribution in [0.25, 0.3) is 16.7 Å². The highest BCUT2D eigenvalue weighted by molar-refractivity contribution is 6.23. The van der Waals surface area contributed by atoms with Crippen LogP contribution in [0.5, 0.6) is 5.75 Å². The Balaban J connectivity index is 2.05. The average molecular weight is 504 g/mol. The fraction of sp³-hybridized carbons (Fsp3) is 0.429. The van der Waals surface area contributed by atoms with Crippen LogP contribution >= 0.6 is 0 Å². The Bertz CT molecular complexity index is 1250. The van der Waals surface area contributed by atoms with Gasteiger partial charge < -0.3 is 14.3 Å². The van der Waals surface area contributed by atoms with E-state index in [1.165, 1.54) is 12.1 Å². The van der Waals surface area contributed by atoms with Crippen LogP contribution in [0.1, 0.15) is 71.4 Å². The summed E-state index contributed by atoms with van der Waals surface area (Å²) in [5, 5.41) is 10.7. The number of benzene rings is 2. The molecule has 8 heteroatoms. The average Bonchev–Trinajstić information content (AvgIpc) is 3.25. The van der Waals surface area contributed by atoms with E-state index in [1.807, 2.05) is 32.9 Å². The van der Waals surface area contributed by atoms with Crippen LogP contribution in [0, 0.1) is 0 Å². The van der Waals surface area contributed by atoms with E-state index < -0.39 is 35.8 Å². The summed E-state index contributed by atoms with van der Waals surface area (Å²) >= 11 is 0. The Morgan fingerprint density at radius 1 is 1.00 bits per heavy atom. The van der Waals surface area contributed by atoms with Gasteiger partial charge in [0.15, 0.2) is 5.58 Å². The van der Waals surface area contributed by atoms with E-state index in [9.17, 15) is 23.1 Å². The van der Waals surface area contributed by atoms with E-state index in [2.05, 4.69) is 25.8 Å². The van der Waals surface area contributed by atoms with E-state index in [4.69, 9.17) is 9.15 Å². The first kappa shape index (κ1) is 27.3. The topological polar surface area (TPSA) is 72.6 Å². The molecule has 2 aromatic carbocycles. The predicted molar refractivity (Wildman–Crippen MR) is 133 cm³/mol. The summed E-state index contributed by atoms with van der Waals surface area (Å²) in [4.78, 5) is 16.2. The zero-order valence-electron chi connectivity index (χ0n) is 21.4. The molecule has 0 amide bonds. The number of aromatic nitrogens is 1. The number of para-hydroxylation sites is 2. The first-order valence-electron chi connectivity index (χ1n) is 11.9. The highest BCUT2D eigenvalue weighted by Crippen LogP contribution is 2.39. The summed E-state index contributed by atoms with van der Waals surface area (Å²) < 4.78 is 51.5. The van der Waals surface area contributed by atoms with Gasteiger partial charge >= 0.3 is 6.18 Å². The van der Waals surface area contributed by atoms with Crippen molar-refractivity contribution in [3.05, 3.63) is 65.2 Å². The number of ether oxygens (including phenoxy) is 1. The molecule has 0 spiro atoms. The van der Waals surface area contributed by atoms with Crippen molar-refractivity contribution in [1.29, 1.82) is 0 Å². The minimum atomic E-state index is -5.24. The standard InChI is InChI=1S/C28H32F3NO4/c1-7-26(3,4)17-13-14-21(18(15-17)27(5,6)8-2)35-16-20(33)23(24(34)28(29,30)31)25-32-19-11-9-10-12-22(19)36-25/h9-15,33H,7-8,16H2,1-6H3/b23-20-. The molecular weight excluding hydrogens is 471 g/mol. The van der Waals surface area contributed by atoms with Crippen molar-refractivity contribution in [3.8, 4) is 5.75 Å². The maximum atomic E-state index is 13.4. The number of nitrogens with zero attached hydrogens (tertiary/aromatic N) is 1. The quantitative estimate of drug-likeness (QED) is 0.239. The predicted octanol–water partition coefficient (Wildman–Crippen LogP) is 7.68. The van der Waals surface area contributed by atoms with Gasteiger partial charge in [0, 0.05) is 5.56 Å². The second kappa shape index (κ2) is 9.99. The number of hydrogen-bond acceptors (Lipinski definition) is 5. The number of oxazole rings is 1. The number of ketones is 1. The first-order valence-corrected chi connectivity index (χ1v) is 11.9. The van der Waals surface area contributed by atoms with Gasteiger partial charge in [0.2, 0.25) is 5.89 Å². The summed E-state index contributed by atoms with van der Waals surface area (Å²) in [7, 11) is 0. The molecule has 1 N–H and O–H groups in total. The molecule has 0 saturated carbocycles. The Kier molecular flexibility index (Phi) is 7.58. The normalized spacial score (nSPS) is 13.6. The zero-order chi connectivity index (χ0) is 26.9. The van der Waals surface area contributed by atoms with E-state index in [1.54, 1.807) is 18.2 Å². The lowest BCUT2D eigenvalue weighted by Gasteiger charge is -2.30. The SMILES string of the molecule is CCC(C)(C)c1ccc(OC/C(O)=C(\C(=O)C(F)(F)F)c2nc3ccccc3o2)c(C(C)(C)CC)c1. The lowest BCUT2D eigenvalue weighted by Crippen LogP contribution is -2.26. The van der Waals surface area contributed by atoms with Crippen molar-refractivity contribution < 1.29 is 32.2 Å². The number of fused-ring (bicyclic) bond motifs is 1. The fourth-order valence-electron chi connectivity index (χ4n) is 3.69. The van der Waals surface area contributed by atoms with Crippen LogP contribution in [-0.2, 0) is 15.6 Å². The molecule has 0 aliphatic carbocycles. The van der Waals surface area contributed by atoms with E-state index >= 15 is 0 Å². The minimum Gasteiger partial charge on any atom is -0.508 e. The van der Waals surface area contributed by atoms with E-state index in [0.717, 1.165) is 24.0 Å². The molecule has 0 bridgehead atoms. The number of hydrogen-bond donors (Lipinski definition) is 1. The van der Waals surface area contributed by atoms with Crippen molar-refractivity contribution in [2.24, 2.45) is 0 Å². The molecule has 0 atom stereocenters. The molecule has 0 unspecified atom stereocenters. The van der Waals surface area contributed by atoms with Crippen molar-refractivity contribution in [1.82, 2.24) is 4.98 Å². The van der Waals surface area contributed by atoms with Gasteiger partial charge in [-0.25, -0.2) is 4.98 Å². The summed E-state index contributed by atoms with van der Waals surface area (Å²) in [6.07, 6.45) is -3.55. The number of aliphatic hydroxyl groups is 1. The number of halogens is 3. The van der Waals surface area contributed by atoms with Gasteiger partial charge in [-0.3, -0.25) is 4.79 Å². The van der Waals surface area contributed by atoms with Gasteiger partial charge in [0.1, 0.15) is 29.2 Å². The van der Waals surface area contributed by atoms with Gasteiger partial charge in [-0.2, -0.15) is 13.2 Å². The third-order valence-corrected chi connectivity index (χ3v) is 6.90. The maximum absolute atomic E-state index is 13.4. The van der Waals surface area contributed by atoms with Gasteiger partial charge in [-0.15, -0.1) is 0 Å². The Hall–Kier alpha value is -3.29. The lowest BCUT2D eigenvalue weighted by molar-refractivity contribution is -0.164. The second-order valence-corrected chi connectivity index (χ2v) is 10.1. The van der Waals surface area contributed by atoms with Crippen LogP contribution < -0.4 is 4.74 Å². The second-order valence-electron chi connectivity index (χ2n) is 10.1. The van der Waals surface area contributed by atoms with Crippen molar-refractivity contribution in [3.63, 3.8) is 0 Å². The van der Waals surface area contributed by atoms with Gasteiger partial charge in [0.25, 0.3) is 5.78 Å². The summed E-state index contributed by atoms with van der Waals surface area (Å²) in [6.45, 7) is 11.8. The molecule has 1 heterocycles. The monoisotopic (exact) mass is 503 g/mol.